The number of carbonyl (C=O) groups excluding carboxylic acids is 2. The van der Waals surface area contributed by atoms with Crippen molar-refractivity contribution >= 4 is 34.2 Å². The lowest BCUT2D eigenvalue weighted by Gasteiger charge is -2.13. The van der Waals surface area contributed by atoms with Crippen LogP contribution in [0.4, 0.5) is 5.00 Å². The maximum atomic E-state index is 12.9. The molecule has 0 aromatic carbocycles. The van der Waals surface area contributed by atoms with Gasteiger partial charge in [-0.3, -0.25) is 9.59 Å². The Morgan fingerprint density at radius 2 is 1.93 bits per heavy atom. The van der Waals surface area contributed by atoms with Crippen LogP contribution in [0.2, 0.25) is 0 Å². The lowest BCUT2D eigenvalue weighted by Crippen LogP contribution is -2.25. The van der Waals surface area contributed by atoms with E-state index in [2.05, 4.69) is 10.6 Å². The van der Waals surface area contributed by atoms with E-state index < -0.39 is 0 Å². The number of rotatable bonds is 6. The molecule has 2 N–H and O–H groups in total. The first-order chi connectivity index (χ1) is 13.7. The van der Waals surface area contributed by atoms with Gasteiger partial charge in [0.1, 0.15) is 16.5 Å². The van der Waals surface area contributed by atoms with E-state index in [4.69, 9.17) is 8.83 Å². The fourth-order valence-corrected chi connectivity index (χ4v) is 4.55. The van der Waals surface area contributed by atoms with Gasteiger partial charge < -0.3 is 19.5 Å². The Morgan fingerprint density at radius 1 is 1.11 bits per heavy atom. The Hall–Kier alpha value is -3.06. The van der Waals surface area contributed by atoms with E-state index in [0.29, 0.717) is 28.6 Å². The van der Waals surface area contributed by atoms with Crippen LogP contribution in [0, 0.1) is 0 Å². The number of furan rings is 2. The van der Waals surface area contributed by atoms with Gasteiger partial charge in [0.05, 0.1) is 24.6 Å². The summed E-state index contributed by atoms with van der Waals surface area (Å²) >= 11 is 1.49. The summed E-state index contributed by atoms with van der Waals surface area (Å²) < 4.78 is 10.5. The van der Waals surface area contributed by atoms with Gasteiger partial charge >= 0.3 is 0 Å². The predicted octanol–water partition coefficient (Wildman–Crippen LogP) is 4.39. The Bertz CT molecular complexity index is 984. The molecule has 3 aromatic heterocycles. The Labute approximate surface area is 166 Å². The largest absolute Gasteiger partial charge is 0.467 e. The summed E-state index contributed by atoms with van der Waals surface area (Å²) in [5.74, 6) is 0.789. The van der Waals surface area contributed by atoms with E-state index in [0.717, 1.165) is 31.2 Å². The van der Waals surface area contributed by atoms with Crippen LogP contribution in [-0.2, 0) is 24.2 Å². The average Bonchev–Trinajstić information content (AvgIpc) is 3.45. The summed E-state index contributed by atoms with van der Waals surface area (Å²) in [4.78, 5) is 26.4. The highest BCUT2D eigenvalue weighted by Gasteiger charge is 2.26. The second kappa shape index (κ2) is 8.31. The van der Waals surface area contributed by atoms with Crippen LogP contribution in [0.1, 0.15) is 45.2 Å². The zero-order valence-electron chi connectivity index (χ0n) is 15.2. The van der Waals surface area contributed by atoms with Crippen LogP contribution in [-0.4, -0.2) is 11.8 Å². The van der Waals surface area contributed by atoms with Gasteiger partial charge in [-0.05, 0) is 61.6 Å². The molecule has 3 aromatic rings. The van der Waals surface area contributed by atoms with Crippen LogP contribution in [0.3, 0.4) is 0 Å². The third-order valence-electron chi connectivity index (χ3n) is 4.58. The molecule has 144 valence electrons. The smallest absolute Gasteiger partial charge is 0.254 e. The number of hydrogen-bond acceptors (Lipinski definition) is 5. The molecule has 6 nitrogen and oxygen atoms in total. The molecule has 0 saturated heterocycles. The number of fused-ring (bicyclic) bond motifs is 1. The summed E-state index contributed by atoms with van der Waals surface area (Å²) in [5.41, 5.74) is 1.63. The van der Waals surface area contributed by atoms with Crippen LogP contribution in [0.25, 0.3) is 6.08 Å². The highest BCUT2D eigenvalue weighted by atomic mass is 32.1. The van der Waals surface area contributed by atoms with E-state index in [-0.39, 0.29) is 11.8 Å². The summed E-state index contributed by atoms with van der Waals surface area (Å²) in [6.45, 7) is 0.308. The zero-order valence-corrected chi connectivity index (χ0v) is 16.0. The standard InChI is InChI=1S/C21H20N2O4S/c24-18(10-9-14-5-3-11-26-14)23-21-19(16-7-1-2-8-17(16)28-21)20(25)22-13-15-6-4-12-27-15/h3-6,9-12H,1-2,7-8,13H2,(H,22,25)(H,23,24)/b10-9+. The number of thiophene rings is 1. The summed E-state index contributed by atoms with van der Waals surface area (Å²) in [6, 6.07) is 7.12. The maximum Gasteiger partial charge on any atom is 0.254 e. The molecule has 2 amide bonds. The monoisotopic (exact) mass is 396 g/mol. The van der Waals surface area contributed by atoms with E-state index in [1.807, 2.05) is 6.07 Å². The van der Waals surface area contributed by atoms with Gasteiger partial charge in [0.2, 0.25) is 5.91 Å². The lowest BCUT2D eigenvalue weighted by molar-refractivity contribution is -0.111. The molecular formula is C21H20N2O4S. The van der Waals surface area contributed by atoms with Gasteiger partial charge in [0.15, 0.2) is 0 Å². The van der Waals surface area contributed by atoms with Gasteiger partial charge in [-0.1, -0.05) is 0 Å². The first-order valence-electron chi connectivity index (χ1n) is 9.18. The summed E-state index contributed by atoms with van der Waals surface area (Å²) in [6.07, 6.45) is 10.1. The first-order valence-corrected chi connectivity index (χ1v) is 10.00. The number of amides is 2. The number of hydrogen-bond donors (Lipinski definition) is 2. The van der Waals surface area contributed by atoms with Crippen molar-refractivity contribution in [2.45, 2.75) is 32.2 Å². The third kappa shape index (κ3) is 4.09. The molecule has 0 unspecified atom stereocenters. The molecule has 0 fully saturated rings. The minimum Gasteiger partial charge on any atom is -0.467 e. The van der Waals surface area contributed by atoms with Crippen molar-refractivity contribution < 1.29 is 18.4 Å². The highest BCUT2D eigenvalue weighted by molar-refractivity contribution is 7.17. The lowest BCUT2D eigenvalue weighted by atomic mass is 9.95. The molecule has 0 bridgehead atoms. The molecule has 0 saturated carbocycles. The van der Waals surface area contributed by atoms with Gasteiger partial charge in [-0.25, -0.2) is 0 Å². The number of anilines is 1. The third-order valence-corrected chi connectivity index (χ3v) is 5.79. The predicted molar refractivity (Wildman–Crippen MR) is 107 cm³/mol. The fourth-order valence-electron chi connectivity index (χ4n) is 3.26. The Balaban J connectivity index is 1.53. The van der Waals surface area contributed by atoms with Gasteiger partial charge in [0.25, 0.3) is 5.91 Å². The first kappa shape index (κ1) is 18.3. The van der Waals surface area contributed by atoms with Crippen molar-refractivity contribution in [3.05, 3.63) is 70.4 Å². The summed E-state index contributed by atoms with van der Waals surface area (Å²) in [5, 5.41) is 6.36. The van der Waals surface area contributed by atoms with E-state index in [9.17, 15) is 9.59 Å². The van der Waals surface area contributed by atoms with Crippen LogP contribution in [0.15, 0.2) is 51.7 Å². The molecule has 0 aliphatic heterocycles. The quantitative estimate of drug-likeness (QED) is 0.605. The van der Waals surface area contributed by atoms with Crippen molar-refractivity contribution in [3.63, 3.8) is 0 Å². The average molecular weight is 396 g/mol. The second-order valence-electron chi connectivity index (χ2n) is 6.52. The zero-order chi connectivity index (χ0) is 19.3. The van der Waals surface area contributed by atoms with Gasteiger partial charge in [-0.2, -0.15) is 0 Å². The number of aryl methyl sites for hydroxylation is 1. The van der Waals surface area contributed by atoms with E-state index in [1.165, 1.54) is 22.3 Å². The topological polar surface area (TPSA) is 84.5 Å². The minimum atomic E-state index is -0.296. The van der Waals surface area contributed by atoms with Crippen LogP contribution >= 0.6 is 11.3 Å². The number of carbonyl (C=O) groups is 2. The molecule has 1 aliphatic carbocycles. The fraction of sp³-hybridized carbons (Fsp3) is 0.238. The number of nitrogens with one attached hydrogen (secondary N) is 2. The van der Waals surface area contributed by atoms with E-state index in [1.54, 1.807) is 36.8 Å². The molecule has 3 heterocycles. The van der Waals surface area contributed by atoms with Crippen molar-refractivity contribution in [1.29, 1.82) is 0 Å². The molecule has 1 aliphatic rings. The van der Waals surface area contributed by atoms with Crippen molar-refractivity contribution in [2.75, 3.05) is 5.32 Å². The Kier molecular flexibility index (Phi) is 5.43. The second-order valence-corrected chi connectivity index (χ2v) is 7.62. The van der Waals surface area contributed by atoms with Gasteiger partial charge in [0, 0.05) is 11.0 Å². The Morgan fingerprint density at radius 3 is 2.71 bits per heavy atom. The van der Waals surface area contributed by atoms with Crippen molar-refractivity contribution in [3.8, 4) is 0 Å². The molecule has 7 heteroatoms. The van der Waals surface area contributed by atoms with Crippen molar-refractivity contribution in [1.82, 2.24) is 5.32 Å². The molecule has 0 atom stereocenters. The molecule has 28 heavy (non-hydrogen) atoms. The van der Waals surface area contributed by atoms with Crippen molar-refractivity contribution in [2.24, 2.45) is 0 Å². The normalized spacial score (nSPS) is 13.4. The maximum absolute atomic E-state index is 12.9. The van der Waals surface area contributed by atoms with Crippen LogP contribution in [0.5, 0.6) is 0 Å². The van der Waals surface area contributed by atoms with Gasteiger partial charge in [-0.15, -0.1) is 11.3 Å². The minimum absolute atomic E-state index is 0.193. The molecular weight excluding hydrogens is 376 g/mol. The van der Waals surface area contributed by atoms with Crippen LogP contribution < -0.4 is 10.6 Å². The summed E-state index contributed by atoms with van der Waals surface area (Å²) in [7, 11) is 0. The highest BCUT2D eigenvalue weighted by Crippen LogP contribution is 2.38. The molecule has 0 spiro atoms. The molecule has 0 radical (unpaired) electrons. The van der Waals surface area contributed by atoms with E-state index >= 15 is 0 Å². The SMILES string of the molecule is O=C(/C=C/c1ccco1)Nc1sc2c(c1C(=O)NCc1ccco1)CCCC2. The molecule has 4 rings (SSSR count).